The number of carbonyl (C=O) groups excluding carboxylic acids is 1. The number of carbonyl (C=O) groups is 1. The Hall–Kier alpha value is -0.530. The zero-order chi connectivity index (χ0) is 11.3. The third kappa shape index (κ3) is 1.33. The summed E-state index contributed by atoms with van der Waals surface area (Å²) in [6.07, 6.45) is 3.51. The number of esters is 1. The van der Waals surface area contributed by atoms with Crippen LogP contribution in [0.3, 0.4) is 0 Å². The molecule has 2 saturated carbocycles. The van der Waals surface area contributed by atoms with E-state index in [0.29, 0.717) is 23.4 Å². The summed E-state index contributed by atoms with van der Waals surface area (Å²) < 4.78 is 5.18. The highest BCUT2D eigenvalue weighted by molar-refractivity contribution is 5.74. The highest BCUT2D eigenvalue weighted by Crippen LogP contribution is 2.67. The molecular formula is C13H22O2. The highest BCUT2D eigenvalue weighted by atomic mass is 16.5. The third-order valence-electron chi connectivity index (χ3n) is 5.24. The van der Waals surface area contributed by atoms with Gasteiger partial charge in [0.05, 0.1) is 12.5 Å². The minimum atomic E-state index is 0.0407. The fraction of sp³-hybridized carbons (Fsp3) is 0.923. The van der Waals surface area contributed by atoms with Crippen LogP contribution < -0.4 is 0 Å². The second kappa shape index (κ2) is 3.23. The molecule has 0 unspecified atom stereocenters. The summed E-state index contributed by atoms with van der Waals surface area (Å²) in [7, 11) is 0. The van der Waals surface area contributed by atoms with Crippen LogP contribution in [0.5, 0.6) is 0 Å². The van der Waals surface area contributed by atoms with Crippen molar-refractivity contribution in [3.8, 4) is 0 Å². The van der Waals surface area contributed by atoms with Gasteiger partial charge in [-0.25, -0.2) is 0 Å². The first kappa shape index (κ1) is 11.0. The molecule has 3 atom stereocenters. The summed E-state index contributed by atoms with van der Waals surface area (Å²) in [6, 6.07) is 0. The number of ether oxygens (including phenoxy) is 1. The van der Waals surface area contributed by atoms with Gasteiger partial charge in [0.2, 0.25) is 0 Å². The average molecular weight is 210 g/mol. The van der Waals surface area contributed by atoms with Gasteiger partial charge in [-0.1, -0.05) is 20.8 Å². The molecule has 0 amide bonds. The molecule has 2 heteroatoms. The summed E-state index contributed by atoms with van der Waals surface area (Å²) in [4.78, 5) is 11.8. The van der Waals surface area contributed by atoms with Gasteiger partial charge >= 0.3 is 5.97 Å². The van der Waals surface area contributed by atoms with E-state index in [1.165, 1.54) is 12.8 Å². The standard InChI is InChI=1S/C13H22O2/c1-5-15-11(14)9-8-13(4)7-6-10(9)12(13,2)3/h9-10H,5-8H2,1-4H3/t9-,10+,13+/m0/s1. The zero-order valence-electron chi connectivity index (χ0n) is 10.3. The molecule has 2 aliphatic rings. The van der Waals surface area contributed by atoms with Crippen LogP contribution in [0, 0.1) is 22.7 Å². The molecule has 15 heavy (non-hydrogen) atoms. The molecule has 0 spiro atoms. The Morgan fingerprint density at radius 2 is 2.07 bits per heavy atom. The lowest BCUT2D eigenvalue weighted by molar-refractivity contribution is -0.150. The van der Waals surface area contributed by atoms with Crippen molar-refractivity contribution >= 4 is 5.97 Å². The molecule has 0 radical (unpaired) electrons. The van der Waals surface area contributed by atoms with Crippen LogP contribution in [0.25, 0.3) is 0 Å². The van der Waals surface area contributed by atoms with E-state index in [-0.39, 0.29) is 11.9 Å². The Bertz CT molecular complexity index is 280. The molecule has 0 aliphatic heterocycles. The van der Waals surface area contributed by atoms with Gasteiger partial charge in [0.15, 0.2) is 0 Å². The fourth-order valence-corrected chi connectivity index (χ4v) is 3.80. The van der Waals surface area contributed by atoms with Crippen LogP contribution in [0.2, 0.25) is 0 Å². The van der Waals surface area contributed by atoms with E-state index in [9.17, 15) is 4.79 Å². The van der Waals surface area contributed by atoms with E-state index < -0.39 is 0 Å². The maximum Gasteiger partial charge on any atom is 0.309 e. The summed E-state index contributed by atoms with van der Waals surface area (Å²) >= 11 is 0. The topological polar surface area (TPSA) is 26.3 Å². The van der Waals surface area contributed by atoms with E-state index in [2.05, 4.69) is 20.8 Å². The van der Waals surface area contributed by atoms with Crippen LogP contribution in [0.1, 0.15) is 47.0 Å². The van der Waals surface area contributed by atoms with Gasteiger partial charge in [-0.15, -0.1) is 0 Å². The predicted octanol–water partition coefficient (Wildman–Crippen LogP) is 3.01. The lowest BCUT2D eigenvalue weighted by Gasteiger charge is -2.34. The smallest absolute Gasteiger partial charge is 0.309 e. The molecule has 0 heterocycles. The Kier molecular flexibility index (Phi) is 2.36. The van der Waals surface area contributed by atoms with Crippen molar-refractivity contribution in [2.75, 3.05) is 6.61 Å². The molecular weight excluding hydrogens is 188 g/mol. The third-order valence-corrected chi connectivity index (χ3v) is 5.24. The molecule has 0 aromatic heterocycles. The largest absolute Gasteiger partial charge is 0.466 e. The SMILES string of the molecule is CCOC(=O)[C@H]1C[C@@]2(C)CC[C@H]1C2(C)C. The quantitative estimate of drug-likeness (QED) is 0.655. The van der Waals surface area contributed by atoms with Gasteiger partial charge in [0.25, 0.3) is 0 Å². The van der Waals surface area contributed by atoms with Gasteiger partial charge in [-0.2, -0.15) is 0 Å². The van der Waals surface area contributed by atoms with Crippen molar-refractivity contribution in [2.45, 2.75) is 47.0 Å². The molecule has 0 aromatic rings. The molecule has 2 fully saturated rings. The van der Waals surface area contributed by atoms with E-state index in [0.717, 1.165) is 6.42 Å². The zero-order valence-corrected chi connectivity index (χ0v) is 10.3. The molecule has 0 aromatic carbocycles. The van der Waals surface area contributed by atoms with E-state index >= 15 is 0 Å². The van der Waals surface area contributed by atoms with Crippen molar-refractivity contribution in [3.05, 3.63) is 0 Å². The first-order valence-electron chi connectivity index (χ1n) is 6.09. The van der Waals surface area contributed by atoms with Crippen molar-refractivity contribution in [3.63, 3.8) is 0 Å². The summed E-state index contributed by atoms with van der Waals surface area (Å²) in [6.45, 7) is 9.39. The summed E-state index contributed by atoms with van der Waals surface area (Å²) in [5.74, 6) is 0.749. The summed E-state index contributed by atoms with van der Waals surface area (Å²) in [5, 5.41) is 0. The Balaban J connectivity index is 2.18. The van der Waals surface area contributed by atoms with E-state index in [1.54, 1.807) is 0 Å². The Labute approximate surface area is 92.4 Å². The van der Waals surface area contributed by atoms with Crippen molar-refractivity contribution < 1.29 is 9.53 Å². The van der Waals surface area contributed by atoms with E-state index in [1.807, 2.05) is 6.92 Å². The monoisotopic (exact) mass is 210 g/mol. The maximum atomic E-state index is 11.8. The highest BCUT2D eigenvalue weighted by Gasteiger charge is 2.62. The molecule has 86 valence electrons. The predicted molar refractivity (Wildman–Crippen MR) is 59.4 cm³/mol. The molecule has 2 nitrogen and oxygen atoms in total. The fourth-order valence-electron chi connectivity index (χ4n) is 3.80. The maximum absolute atomic E-state index is 11.8. The van der Waals surface area contributed by atoms with Gasteiger partial charge in [-0.3, -0.25) is 4.79 Å². The lowest BCUT2D eigenvalue weighted by atomic mass is 9.71. The van der Waals surface area contributed by atoms with Gasteiger partial charge in [-0.05, 0) is 42.9 Å². The van der Waals surface area contributed by atoms with Crippen LogP contribution >= 0.6 is 0 Å². The van der Waals surface area contributed by atoms with Crippen molar-refractivity contribution in [2.24, 2.45) is 22.7 Å². The Morgan fingerprint density at radius 3 is 2.47 bits per heavy atom. The first-order chi connectivity index (χ1) is 6.92. The van der Waals surface area contributed by atoms with Crippen LogP contribution in [0.15, 0.2) is 0 Å². The normalized spacial score (nSPS) is 41.9. The van der Waals surface area contributed by atoms with E-state index in [4.69, 9.17) is 4.74 Å². The van der Waals surface area contributed by atoms with Crippen LogP contribution in [0.4, 0.5) is 0 Å². The van der Waals surface area contributed by atoms with Crippen LogP contribution in [-0.2, 0) is 9.53 Å². The second-order valence-corrected chi connectivity index (χ2v) is 5.99. The second-order valence-electron chi connectivity index (χ2n) is 5.99. The number of fused-ring (bicyclic) bond motifs is 2. The van der Waals surface area contributed by atoms with Crippen molar-refractivity contribution in [1.29, 1.82) is 0 Å². The van der Waals surface area contributed by atoms with Gasteiger partial charge in [0.1, 0.15) is 0 Å². The lowest BCUT2D eigenvalue weighted by Crippen LogP contribution is -2.27. The van der Waals surface area contributed by atoms with Gasteiger partial charge in [0, 0.05) is 0 Å². The molecule has 2 aliphatic carbocycles. The van der Waals surface area contributed by atoms with Gasteiger partial charge < -0.3 is 4.74 Å². The van der Waals surface area contributed by atoms with Crippen LogP contribution in [-0.4, -0.2) is 12.6 Å². The summed E-state index contributed by atoms with van der Waals surface area (Å²) in [5.41, 5.74) is 0.666. The Morgan fingerprint density at radius 1 is 1.40 bits per heavy atom. The van der Waals surface area contributed by atoms with Crippen molar-refractivity contribution in [1.82, 2.24) is 0 Å². The number of rotatable bonds is 2. The first-order valence-corrected chi connectivity index (χ1v) is 6.09. The number of hydrogen-bond donors (Lipinski definition) is 0. The molecule has 0 saturated heterocycles. The number of hydrogen-bond acceptors (Lipinski definition) is 2. The minimum Gasteiger partial charge on any atom is -0.466 e. The molecule has 0 N–H and O–H groups in total. The average Bonchev–Trinajstić information content (AvgIpc) is 2.49. The minimum absolute atomic E-state index is 0.0407. The molecule has 2 bridgehead atoms. The molecule has 2 rings (SSSR count).